The van der Waals surface area contributed by atoms with Crippen LogP contribution in [0.4, 0.5) is 4.79 Å². The number of nitrogens with zero attached hydrogens (tertiary/aromatic N) is 2. The van der Waals surface area contributed by atoms with Crippen molar-refractivity contribution in [1.82, 2.24) is 14.8 Å². The first-order valence-corrected chi connectivity index (χ1v) is 10.9. The van der Waals surface area contributed by atoms with Crippen molar-refractivity contribution in [2.24, 2.45) is 0 Å². The number of carbonyl (C=O) groups excluding carboxylic acids is 1. The Kier molecular flexibility index (Phi) is 5.80. The molecule has 0 saturated heterocycles. The molecule has 2 amide bonds. The largest absolute Gasteiger partial charge is 0.465 e. The molecule has 0 spiro atoms. The van der Waals surface area contributed by atoms with E-state index in [1.165, 1.54) is 4.90 Å². The predicted octanol–water partition coefficient (Wildman–Crippen LogP) is 4.05. The quantitative estimate of drug-likeness (QED) is 0.485. The summed E-state index contributed by atoms with van der Waals surface area (Å²) in [5.74, 6) is -0.341. The van der Waals surface area contributed by atoms with Gasteiger partial charge in [-0.2, -0.15) is 0 Å². The van der Waals surface area contributed by atoms with E-state index in [1.54, 1.807) is 10.6 Å². The van der Waals surface area contributed by atoms with Crippen LogP contribution in [-0.2, 0) is 6.54 Å². The zero-order valence-electron chi connectivity index (χ0n) is 19.0. The summed E-state index contributed by atoms with van der Waals surface area (Å²) in [6, 6.07) is 18.6. The van der Waals surface area contributed by atoms with Crippen LogP contribution in [0.5, 0.6) is 0 Å². The number of benzene rings is 2. The van der Waals surface area contributed by atoms with Gasteiger partial charge in [0.1, 0.15) is 0 Å². The van der Waals surface area contributed by atoms with Crippen LogP contribution in [0, 0.1) is 0 Å². The fourth-order valence-corrected chi connectivity index (χ4v) is 4.26. The Balaban J connectivity index is 1.72. The maximum absolute atomic E-state index is 13.4. The maximum atomic E-state index is 13.4. The van der Waals surface area contributed by atoms with E-state index in [9.17, 15) is 19.5 Å². The van der Waals surface area contributed by atoms with Crippen LogP contribution in [-0.4, -0.2) is 45.2 Å². The van der Waals surface area contributed by atoms with E-state index in [1.807, 2.05) is 75.4 Å². The molecule has 1 aliphatic rings. The van der Waals surface area contributed by atoms with Gasteiger partial charge in [0.2, 0.25) is 0 Å². The summed E-state index contributed by atoms with van der Waals surface area (Å²) in [6.07, 6.45) is -1.04. The standard InChI is InChI=1S/C26H27N3O4/c1-26(2,3)29(25(32)33)14-13-27-23(30)21-15-20(17-9-5-4-6-10-17)24(31)28-16-18-11-7-8-12-19(18)22(21)28/h4-12,15H,13-14,16H2,1-3H3,(H,27,30)(H,32,33). The first-order chi connectivity index (χ1) is 15.7. The lowest BCUT2D eigenvalue weighted by atomic mass is 9.99. The molecule has 7 nitrogen and oxygen atoms in total. The molecule has 170 valence electrons. The Morgan fingerprint density at radius 2 is 1.70 bits per heavy atom. The zero-order valence-corrected chi connectivity index (χ0v) is 19.0. The number of hydrogen-bond acceptors (Lipinski definition) is 3. The first-order valence-electron chi connectivity index (χ1n) is 10.9. The average Bonchev–Trinajstić information content (AvgIpc) is 3.16. The Labute approximate surface area is 192 Å². The van der Waals surface area contributed by atoms with Gasteiger partial charge in [-0.05, 0) is 38.0 Å². The van der Waals surface area contributed by atoms with Gasteiger partial charge in [0.15, 0.2) is 0 Å². The van der Waals surface area contributed by atoms with Gasteiger partial charge in [-0.1, -0.05) is 54.6 Å². The zero-order chi connectivity index (χ0) is 23.8. The van der Waals surface area contributed by atoms with Crippen molar-refractivity contribution in [2.45, 2.75) is 32.9 Å². The van der Waals surface area contributed by atoms with E-state index in [-0.39, 0.29) is 24.6 Å². The minimum atomic E-state index is -1.04. The highest BCUT2D eigenvalue weighted by Crippen LogP contribution is 2.34. The highest BCUT2D eigenvalue weighted by atomic mass is 16.4. The number of pyridine rings is 1. The summed E-state index contributed by atoms with van der Waals surface area (Å²) in [5, 5.41) is 12.4. The molecular weight excluding hydrogens is 418 g/mol. The van der Waals surface area contributed by atoms with E-state index in [0.717, 1.165) is 16.7 Å². The summed E-state index contributed by atoms with van der Waals surface area (Å²) < 4.78 is 1.65. The molecule has 0 bridgehead atoms. The first kappa shape index (κ1) is 22.3. The third kappa shape index (κ3) is 4.26. The molecule has 7 heteroatoms. The van der Waals surface area contributed by atoms with Crippen LogP contribution in [0.2, 0.25) is 0 Å². The second-order valence-corrected chi connectivity index (χ2v) is 9.10. The topological polar surface area (TPSA) is 91.6 Å². The number of fused-ring (bicyclic) bond motifs is 3. The molecule has 0 unspecified atom stereocenters. The molecule has 3 aromatic rings. The van der Waals surface area contributed by atoms with Crippen molar-refractivity contribution < 1.29 is 14.7 Å². The lowest BCUT2D eigenvalue weighted by Gasteiger charge is -2.33. The number of carbonyl (C=O) groups is 2. The van der Waals surface area contributed by atoms with Crippen molar-refractivity contribution in [2.75, 3.05) is 13.1 Å². The summed E-state index contributed by atoms with van der Waals surface area (Å²) in [7, 11) is 0. The molecule has 1 aromatic heterocycles. The van der Waals surface area contributed by atoms with E-state index < -0.39 is 11.6 Å². The second kappa shape index (κ2) is 8.58. The summed E-state index contributed by atoms with van der Waals surface area (Å²) in [6.45, 7) is 6.14. The molecule has 0 saturated carbocycles. The van der Waals surface area contributed by atoms with Crippen molar-refractivity contribution >= 4 is 12.0 Å². The molecule has 2 heterocycles. The van der Waals surface area contributed by atoms with E-state index in [4.69, 9.17) is 0 Å². The van der Waals surface area contributed by atoms with Crippen LogP contribution in [0.15, 0.2) is 65.5 Å². The monoisotopic (exact) mass is 445 g/mol. The van der Waals surface area contributed by atoms with Gasteiger partial charge in [-0.3, -0.25) is 9.59 Å². The number of aromatic nitrogens is 1. The number of rotatable bonds is 5. The number of carboxylic acid groups (broad SMARTS) is 1. The van der Waals surface area contributed by atoms with Crippen molar-refractivity contribution in [3.63, 3.8) is 0 Å². The molecule has 0 fully saturated rings. The second-order valence-electron chi connectivity index (χ2n) is 9.10. The molecule has 0 radical (unpaired) electrons. The van der Waals surface area contributed by atoms with Crippen molar-refractivity contribution in [3.8, 4) is 22.4 Å². The lowest BCUT2D eigenvalue weighted by molar-refractivity contribution is 0.0892. The minimum absolute atomic E-state index is 0.145. The highest BCUT2D eigenvalue weighted by Gasteiger charge is 2.29. The summed E-state index contributed by atoms with van der Waals surface area (Å²) >= 11 is 0. The van der Waals surface area contributed by atoms with Crippen LogP contribution in [0.3, 0.4) is 0 Å². The van der Waals surface area contributed by atoms with E-state index in [0.29, 0.717) is 23.4 Å². The minimum Gasteiger partial charge on any atom is -0.465 e. The molecule has 2 aromatic carbocycles. The van der Waals surface area contributed by atoms with Crippen molar-refractivity contribution in [1.29, 1.82) is 0 Å². The van der Waals surface area contributed by atoms with Gasteiger partial charge in [-0.15, -0.1) is 0 Å². The normalized spacial score (nSPS) is 12.1. The molecule has 4 rings (SSSR count). The molecule has 0 atom stereocenters. The SMILES string of the molecule is CC(C)(C)N(CCNC(=O)c1cc(-c2ccccc2)c(=O)n2c1-c1ccccc1C2)C(=O)O. The highest BCUT2D eigenvalue weighted by molar-refractivity contribution is 6.02. The van der Waals surface area contributed by atoms with Crippen LogP contribution in [0.25, 0.3) is 22.4 Å². The Bertz CT molecular complexity index is 1270. The van der Waals surface area contributed by atoms with Gasteiger partial charge in [0.25, 0.3) is 11.5 Å². The predicted molar refractivity (Wildman–Crippen MR) is 127 cm³/mol. The molecule has 2 N–H and O–H groups in total. The maximum Gasteiger partial charge on any atom is 0.407 e. The smallest absolute Gasteiger partial charge is 0.407 e. The Morgan fingerprint density at radius 1 is 1.03 bits per heavy atom. The third-order valence-corrected chi connectivity index (χ3v) is 5.88. The Morgan fingerprint density at radius 3 is 2.36 bits per heavy atom. The van der Waals surface area contributed by atoms with Gasteiger partial charge in [-0.25, -0.2) is 4.79 Å². The van der Waals surface area contributed by atoms with Crippen LogP contribution < -0.4 is 10.9 Å². The summed E-state index contributed by atoms with van der Waals surface area (Å²) in [4.78, 5) is 39.6. The van der Waals surface area contributed by atoms with Gasteiger partial charge in [0.05, 0.1) is 17.8 Å². The average molecular weight is 446 g/mol. The fourth-order valence-electron chi connectivity index (χ4n) is 4.26. The number of hydrogen-bond donors (Lipinski definition) is 2. The van der Waals surface area contributed by atoms with Crippen LogP contribution >= 0.6 is 0 Å². The number of amides is 2. The van der Waals surface area contributed by atoms with E-state index >= 15 is 0 Å². The van der Waals surface area contributed by atoms with E-state index in [2.05, 4.69) is 5.32 Å². The molecule has 1 aliphatic heterocycles. The van der Waals surface area contributed by atoms with Gasteiger partial charge >= 0.3 is 6.09 Å². The number of nitrogens with one attached hydrogen (secondary N) is 1. The fraction of sp³-hybridized carbons (Fsp3) is 0.269. The molecule has 0 aliphatic carbocycles. The molecule has 33 heavy (non-hydrogen) atoms. The van der Waals surface area contributed by atoms with Crippen molar-refractivity contribution in [3.05, 3.63) is 82.1 Å². The van der Waals surface area contributed by atoms with Crippen LogP contribution in [0.1, 0.15) is 36.7 Å². The third-order valence-electron chi connectivity index (χ3n) is 5.88. The lowest BCUT2D eigenvalue weighted by Crippen LogP contribution is -2.48. The molecular formula is C26H27N3O4. The van der Waals surface area contributed by atoms with Gasteiger partial charge in [0, 0.05) is 29.8 Å². The summed E-state index contributed by atoms with van der Waals surface area (Å²) in [5.41, 5.74) is 3.31. The Hall–Kier alpha value is -3.87. The van der Waals surface area contributed by atoms with Gasteiger partial charge < -0.3 is 19.9 Å².